The van der Waals surface area contributed by atoms with Crippen molar-refractivity contribution >= 4 is 17.5 Å². The maximum atomic E-state index is 12.7. The summed E-state index contributed by atoms with van der Waals surface area (Å²) in [7, 11) is 0. The van der Waals surface area contributed by atoms with Gasteiger partial charge < -0.3 is 5.73 Å². The van der Waals surface area contributed by atoms with Crippen molar-refractivity contribution in [1.82, 2.24) is 0 Å². The molecule has 3 unspecified atom stereocenters. The summed E-state index contributed by atoms with van der Waals surface area (Å²) in [5, 5.41) is 0.105. The van der Waals surface area contributed by atoms with Crippen LogP contribution in [0.15, 0.2) is 24.3 Å². The van der Waals surface area contributed by atoms with Crippen LogP contribution in [0.3, 0.4) is 0 Å². The summed E-state index contributed by atoms with van der Waals surface area (Å²) in [4.78, 5) is 11.6. The molecular formula is C12H14FNOS. The predicted octanol–water partition coefficient (Wildman–Crippen LogP) is 1.77. The SMILES string of the molecule is CC1SC(Cc2ccc(F)cc2)C(N)C1=O. The van der Waals surface area contributed by atoms with Gasteiger partial charge in [-0.3, -0.25) is 4.79 Å². The Kier molecular flexibility index (Phi) is 3.30. The second-order valence-electron chi connectivity index (χ2n) is 4.08. The first kappa shape index (κ1) is 11.6. The minimum absolute atomic E-state index is 0.0135. The molecule has 1 aromatic rings. The van der Waals surface area contributed by atoms with E-state index in [2.05, 4.69) is 0 Å². The lowest BCUT2D eigenvalue weighted by molar-refractivity contribution is -0.118. The smallest absolute Gasteiger partial charge is 0.163 e. The van der Waals surface area contributed by atoms with Crippen molar-refractivity contribution in [2.75, 3.05) is 0 Å². The van der Waals surface area contributed by atoms with E-state index in [4.69, 9.17) is 5.73 Å². The Morgan fingerprint density at radius 2 is 2.00 bits per heavy atom. The number of Topliss-reactive ketones (excluding diaryl/α,β-unsaturated/α-hetero) is 1. The Morgan fingerprint density at radius 3 is 2.50 bits per heavy atom. The molecule has 1 fully saturated rings. The number of hydrogen-bond acceptors (Lipinski definition) is 3. The summed E-state index contributed by atoms with van der Waals surface area (Å²) < 4.78 is 12.7. The van der Waals surface area contributed by atoms with Crippen LogP contribution in [-0.4, -0.2) is 22.3 Å². The van der Waals surface area contributed by atoms with E-state index < -0.39 is 0 Å². The fourth-order valence-electron chi connectivity index (χ4n) is 1.90. The van der Waals surface area contributed by atoms with Gasteiger partial charge >= 0.3 is 0 Å². The average molecular weight is 239 g/mol. The van der Waals surface area contributed by atoms with Crippen LogP contribution in [0.25, 0.3) is 0 Å². The molecule has 2 nitrogen and oxygen atoms in total. The number of nitrogens with two attached hydrogens (primary N) is 1. The van der Waals surface area contributed by atoms with Crippen molar-refractivity contribution in [3.63, 3.8) is 0 Å². The fourth-order valence-corrected chi connectivity index (χ4v) is 3.30. The highest BCUT2D eigenvalue weighted by molar-refractivity contribution is 8.01. The van der Waals surface area contributed by atoms with E-state index in [-0.39, 0.29) is 28.1 Å². The quantitative estimate of drug-likeness (QED) is 0.855. The lowest BCUT2D eigenvalue weighted by Crippen LogP contribution is -2.37. The summed E-state index contributed by atoms with van der Waals surface area (Å²) in [5.74, 6) is -0.117. The van der Waals surface area contributed by atoms with Gasteiger partial charge in [-0.05, 0) is 31.0 Å². The Balaban J connectivity index is 2.06. The van der Waals surface area contributed by atoms with Crippen LogP contribution >= 0.6 is 11.8 Å². The van der Waals surface area contributed by atoms with E-state index in [0.717, 1.165) is 12.0 Å². The van der Waals surface area contributed by atoms with Gasteiger partial charge in [0.1, 0.15) is 5.82 Å². The molecule has 1 saturated heterocycles. The van der Waals surface area contributed by atoms with Crippen molar-refractivity contribution in [3.8, 4) is 0 Å². The summed E-state index contributed by atoms with van der Waals surface area (Å²) in [6.07, 6.45) is 0.724. The van der Waals surface area contributed by atoms with Crippen LogP contribution in [0.4, 0.5) is 4.39 Å². The first-order chi connectivity index (χ1) is 7.58. The van der Waals surface area contributed by atoms with Gasteiger partial charge in [-0.1, -0.05) is 12.1 Å². The number of thioether (sulfide) groups is 1. The highest BCUT2D eigenvalue weighted by atomic mass is 32.2. The number of carbonyl (C=O) groups excluding carboxylic acids is 1. The molecule has 0 spiro atoms. The van der Waals surface area contributed by atoms with Crippen LogP contribution in [0.2, 0.25) is 0 Å². The number of halogens is 1. The zero-order valence-electron chi connectivity index (χ0n) is 9.02. The zero-order chi connectivity index (χ0) is 11.7. The van der Waals surface area contributed by atoms with Gasteiger partial charge in [-0.2, -0.15) is 0 Å². The fraction of sp³-hybridized carbons (Fsp3) is 0.417. The van der Waals surface area contributed by atoms with Gasteiger partial charge in [-0.15, -0.1) is 11.8 Å². The molecule has 3 atom stereocenters. The number of benzene rings is 1. The molecule has 0 bridgehead atoms. The van der Waals surface area contributed by atoms with Crippen molar-refractivity contribution in [3.05, 3.63) is 35.6 Å². The average Bonchev–Trinajstić information content (AvgIpc) is 2.50. The molecule has 0 saturated carbocycles. The Bertz CT molecular complexity index is 393. The second kappa shape index (κ2) is 4.55. The third-order valence-electron chi connectivity index (χ3n) is 2.86. The summed E-state index contributed by atoms with van der Waals surface area (Å²) in [6.45, 7) is 1.89. The first-order valence-corrected chi connectivity index (χ1v) is 6.21. The number of carbonyl (C=O) groups is 1. The zero-order valence-corrected chi connectivity index (χ0v) is 9.84. The first-order valence-electron chi connectivity index (χ1n) is 5.27. The summed E-state index contributed by atoms with van der Waals surface area (Å²) >= 11 is 1.61. The highest BCUT2D eigenvalue weighted by Gasteiger charge is 2.37. The van der Waals surface area contributed by atoms with Crippen molar-refractivity contribution in [2.24, 2.45) is 5.73 Å². The van der Waals surface area contributed by atoms with E-state index in [0.29, 0.717) is 0 Å². The van der Waals surface area contributed by atoms with Gasteiger partial charge in [0.05, 0.1) is 11.3 Å². The van der Waals surface area contributed by atoms with Crippen molar-refractivity contribution in [1.29, 1.82) is 0 Å². The van der Waals surface area contributed by atoms with Gasteiger partial charge in [0.25, 0.3) is 0 Å². The van der Waals surface area contributed by atoms with Gasteiger partial charge in [0, 0.05) is 5.25 Å². The Morgan fingerprint density at radius 1 is 1.38 bits per heavy atom. The standard InChI is InChI=1S/C12H14FNOS/c1-7-12(15)11(14)10(16-7)6-8-2-4-9(13)5-3-8/h2-5,7,10-11H,6,14H2,1H3. The topological polar surface area (TPSA) is 43.1 Å². The summed E-state index contributed by atoms with van der Waals surface area (Å²) in [6, 6.07) is 5.98. The molecule has 1 aliphatic heterocycles. The van der Waals surface area contributed by atoms with E-state index in [1.54, 1.807) is 23.9 Å². The molecule has 0 radical (unpaired) electrons. The molecule has 2 rings (SSSR count). The minimum Gasteiger partial charge on any atom is -0.321 e. The van der Waals surface area contributed by atoms with E-state index in [1.807, 2.05) is 6.92 Å². The molecule has 0 amide bonds. The number of rotatable bonds is 2. The van der Waals surface area contributed by atoms with E-state index >= 15 is 0 Å². The third-order valence-corrected chi connectivity index (χ3v) is 4.31. The van der Waals surface area contributed by atoms with Gasteiger partial charge in [-0.25, -0.2) is 4.39 Å². The molecule has 86 valence electrons. The largest absolute Gasteiger partial charge is 0.321 e. The van der Waals surface area contributed by atoms with Crippen molar-refractivity contribution < 1.29 is 9.18 Å². The molecule has 16 heavy (non-hydrogen) atoms. The van der Waals surface area contributed by atoms with Gasteiger partial charge in [0.15, 0.2) is 5.78 Å². The normalized spacial score (nSPS) is 29.7. The lowest BCUT2D eigenvalue weighted by Gasteiger charge is -2.12. The Hall–Kier alpha value is -0.870. The molecular weight excluding hydrogens is 225 g/mol. The van der Waals surface area contributed by atoms with Crippen LogP contribution in [-0.2, 0) is 11.2 Å². The van der Waals surface area contributed by atoms with Crippen LogP contribution < -0.4 is 5.73 Å². The second-order valence-corrected chi connectivity index (χ2v) is 5.66. The molecule has 2 N–H and O–H groups in total. The maximum Gasteiger partial charge on any atom is 0.163 e. The van der Waals surface area contributed by atoms with Crippen LogP contribution in [0, 0.1) is 5.82 Å². The number of ketones is 1. The monoisotopic (exact) mass is 239 g/mol. The maximum absolute atomic E-state index is 12.7. The molecule has 0 aliphatic carbocycles. The Labute approximate surface area is 98.4 Å². The number of hydrogen-bond donors (Lipinski definition) is 1. The van der Waals surface area contributed by atoms with E-state index in [9.17, 15) is 9.18 Å². The molecule has 4 heteroatoms. The third kappa shape index (κ3) is 2.28. The molecule has 1 aliphatic rings. The molecule has 0 aromatic heterocycles. The molecule has 1 heterocycles. The summed E-state index contributed by atoms with van der Waals surface area (Å²) in [5.41, 5.74) is 6.87. The minimum atomic E-state index is -0.384. The van der Waals surface area contributed by atoms with Crippen molar-refractivity contribution in [2.45, 2.75) is 29.9 Å². The van der Waals surface area contributed by atoms with E-state index in [1.165, 1.54) is 12.1 Å². The predicted molar refractivity (Wildman–Crippen MR) is 63.9 cm³/mol. The lowest BCUT2D eigenvalue weighted by atomic mass is 10.0. The van der Waals surface area contributed by atoms with Gasteiger partial charge in [0.2, 0.25) is 0 Å². The molecule has 1 aromatic carbocycles. The van der Waals surface area contributed by atoms with Crippen LogP contribution in [0.1, 0.15) is 12.5 Å². The van der Waals surface area contributed by atoms with Crippen LogP contribution in [0.5, 0.6) is 0 Å². The highest BCUT2D eigenvalue weighted by Crippen LogP contribution is 2.32.